The van der Waals surface area contributed by atoms with Gasteiger partial charge >= 0.3 is 0 Å². The second-order valence-electron chi connectivity index (χ2n) is 6.26. The van der Waals surface area contributed by atoms with E-state index in [2.05, 4.69) is 0 Å². The van der Waals surface area contributed by atoms with Crippen molar-refractivity contribution in [3.63, 3.8) is 0 Å². The summed E-state index contributed by atoms with van der Waals surface area (Å²) in [5.41, 5.74) is 2.60. The van der Waals surface area contributed by atoms with Crippen molar-refractivity contribution in [2.24, 2.45) is 0 Å². The molecule has 1 atom stereocenters. The number of benzene rings is 2. The van der Waals surface area contributed by atoms with Gasteiger partial charge in [0.2, 0.25) is 11.8 Å². The molecular formula is C20H20N2O3. The molecule has 0 N–H and O–H groups in total. The normalized spacial score (nSPS) is 17.0. The lowest BCUT2D eigenvalue weighted by Gasteiger charge is -2.26. The Bertz CT molecular complexity index is 799. The number of hydrogen-bond donors (Lipinski definition) is 0. The van der Waals surface area contributed by atoms with Crippen LogP contribution in [0, 0.1) is 6.92 Å². The van der Waals surface area contributed by atoms with E-state index in [0.717, 1.165) is 11.1 Å². The van der Waals surface area contributed by atoms with Gasteiger partial charge in [0.1, 0.15) is 6.04 Å². The summed E-state index contributed by atoms with van der Waals surface area (Å²) in [6, 6.07) is 15.8. The van der Waals surface area contributed by atoms with Crippen LogP contribution in [-0.4, -0.2) is 28.7 Å². The topological polar surface area (TPSA) is 57.7 Å². The van der Waals surface area contributed by atoms with Crippen molar-refractivity contribution in [3.05, 3.63) is 65.7 Å². The highest BCUT2D eigenvalue weighted by molar-refractivity contribution is 6.22. The maximum absolute atomic E-state index is 12.8. The Labute approximate surface area is 146 Å². The first-order valence-electron chi connectivity index (χ1n) is 8.22. The van der Waals surface area contributed by atoms with Crippen LogP contribution in [0.15, 0.2) is 54.6 Å². The number of carbonyl (C=O) groups is 3. The number of aryl methyl sites for hydroxylation is 1. The summed E-state index contributed by atoms with van der Waals surface area (Å²) < 4.78 is 0. The van der Waals surface area contributed by atoms with Crippen molar-refractivity contribution in [1.29, 1.82) is 0 Å². The fourth-order valence-corrected chi connectivity index (χ4v) is 3.04. The van der Waals surface area contributed by atoms with Gasteiger partial charge in [0, 0.05) is 13.5 Å². The summed E-state index contributed by atoms with van der Waals surface area (Å²) in [5.74, 6) is -0.850. The van der Waals surface area contributed by atoms with Crippen LogP contribution < -0.4 is 4.90 Å². The van der Waals surface area contributed by atoms with E-state index >= 15 is 0 Å². The van der Waals surface area contributed by atoms with Crippen LogP contribution in [0.1, 0.15) is 24.5 Å². The molecule has 3 amide bonds. The number of rotatable bonds is 4. The predicted molar refractivity (Wildman–Crippen MR) is 94.7 cm³/mol. The van der Waals surface area contributed by atoms with E-state index in [1.165, 1.54) is 16.7 Å². The molecule has 0 saturated carbocycles. The zero-order chi connectivity index (χ0) is 18.0. The van der Waals surface area contributed by atoms with Crippen molar-refractivity contribution in [3.8, 4) is 0 Å². The largest absolute Gasteiger partial charge is 0.326 e. The molecule has 2 aromatic rings. The minimum atomic E-state index is -0.758. The van der Waals surface area contributed by atoms with Crippen LogP contribution in [0.2, 0.25) is 0 Å². The van der Waals surface area contributed by atoms with Gasteiger partial charge in [0.05, 0.1) is 12.1 Å². The minimum absolute atomic E-state index is 0.0131. The first-order valence-corrected chi connectivity index (χ1v) is 8.22. The van der Waals surface area contributed by atoms with E-state index in [0.29, 0.717) is 12.2 Å². The third-order valence-corrected chi connectivity index (χ3v) is 4.39. The van der Waals surface area contributed by atoms with Crippen molar-refractivity contribution in [1.82, 2.24) is 4.90 Å². The number of carbonyl (C=O) groups excluding carboxylic acids is 3. The Morgan fingerprint density at radius 3 is 2.32 bits per heavy atom. The molecular weight excluding hydrogens is 316 g/mol. The molecule has 0 aliphatic carbocycles. The highest BCUT2D eigenvalue weighted by Crippen LogP contribution is 2.26. The van der Waals surface area contributed by atoms with Crippen molar-refractivity contribution >= 4 is 23.4 Å². The highest BCUT2D eigenvalue weighted by Gasteiger charge is 2.43. The van der Waals surface area contributed by atoms with Crippen molar-refractivity contribution in [2.75, 3.05) is 4.90 Å². The summed E-state index contributed by atoms with van der Waals surface area (Å²) >= 11 is 0. The fraction of sp³-hybridized carbons (Fsp3) is 0.250. The van der Waals surface area contributed by atoms with Crippen molar-refractivity contribution in [2.45, 2.75) is 32.9 Å². The number of imide groups is 1. The molecule has 1 aliphatic heterocycles. The molecule has 2 aromatic carbocycles. The maximum Gasteiger partial charge on any atom is 0.257 e. The molecule has 25 heavy (non-hydrogen) atoms. The summed E-state index contributed by atoms with van der Waals surface area (Å²) in [5, 5.41) is 0. The van der Waals surface area contributed by atoms with Crippen LogP contribution in [0.3, 0.4) is 0 Å². The Hall–Kier alpha value is -2.95. The minimum Gasteiger partial charge on any atom is -0.326 e. The molecule has 128 valence electrons. The molecule has 0 bridgehead atoms. The van der Waals surface area contributed by atoms with Gasteiger partial charge in [-0.3, -0.25) is 14.4 Å². The zero-order valence-corrected chi connectivity index (χ0v) is 14.3. The van der Waals surface area contributed by atoms with Gasteiger partial charge < -0.3 is 4.90 Å². The third kappa shape index (κ3) is 3.45. The highest BCUT2D eigenvalue weighted by atomic mass is 16.2. The lowest BCUT2D eigenvalue weighted by atomic mass is 10.1. The lowest BCUT2D eigenvalue weighted by Crippen LogP contribution is -2.44. The molecule has 3 rings (SSSR count). The molecule has 1 aliphatic rings. The molecule has 5 heteroatoms. The Kier molecular flexibility index (Phi) is 4.65. The molecule has 1 saturated heterocycles. The van der Waals surface area contributed by atoms with Gasteiger partial charge in [-0.05, 0) is 24.6 Å². The van der Waals surface area contributed by atoms with E-state index in [-0.39, 0.29) is 24.1 Å². The van der Waals surface area contributed by atoms with E-state index in [9.17, 15) is 14.4 Å². The zero-order valence-electron chi connectivity index (χ0n) is 14.3. The maximum atomic E-state index is 12.8. The Balaban J connectivity index is 1.85. The van der Waals surface area contributed by atoms with E-state index in [1.807, 2.05) is 37.3 Å². The van der Waals surface area contributed by atoms with Crippen LogP contribution in [0.5, 0.6) is 0 Å². The molecule has 0 aromatic heterocycles. The fourth-order valence-electron chi connectivity index (χ4n) is 3.04. The van der Waals surface area contributed by atoms with Gasteiger partial charge in [-0.2, -0.15) is 0 Å². The monoisotopic (exact) mass is 336 g/mol. The lowest BCUT2D eigenvalue weighted by molar-refractivity contribution is -0.137. The molecule has 0 radical (unpaired) electrons. The third-order valence-electron chi connectivity index (χ3n) is 4.39. The van der Waals surface area contributed by atoms with Crippen LogP contribution in [0.25, 0.3) is 0 Å². The average Bonchev–Trinajstić information content (AvgIpc) is 2.89. The van der Waals surface area contributed by atoms with Gasteiger partial charge in [0.25, 0.3) is 5.91 Å². The smallest absolute Gasteiger partial charge is 0.257 e. The van der Waals surface area contributed by atoms with E-state index < -0.39 is 6.04 Å². The van der Waals surface area contributed by atoms with E-state index in [4.69, 9.17) is 0 Å². The number of anilines is 1. The predicted octanol–water partition coefficient (Wildman–Crippen LogP) is 2.68. The molecule has 1 heterocycles. The van der Waals surface area contributed by atoms with Crippen LogP contribution in [0.4, 0.5) is 5.69 Å². The number of nitrogens with zero attached hydrogens (tertiary/aromatic N) is 2. The van der Waals surface area contributed by atoms with Gasteiger partial charge in [-0.25, -0.2) is 4.90 Å². The van der Waals surface area contributed by atoms with E-state index in [1.54, 1.807) is 24.3 Å². The van der Waals surface area contributed by atoms with Crippen LogP contribution >= 0.6 is 0 Å². The van der Waals surface area contributed by atoms with Gasteiger partial charge in [-0.15, -0.1) is 0 Å². The summed E-state index contributed by atoms with van der Waals surface area (Å²) in [7, 11) is 0. The van der Waals surface area contributed by atoms with Gasteiger partial charge in [0.15, 0.2) is 0 Å². The van der Waals surface area contributed by atoms with Crippen LogP contribution in [-0.2, 0) is 20.9 Å². The summed E-state index contributed by atoms with van der Waals surface area (Å²) in [4.78, 5) is 40.0. The first-order chi connectivity index (χ1) is 12.0. The molecule has 0 spiro atoms. The molecule has 5 nitrogen and oxygen atoms in total. The Morgan fingerprint density at radius 2 is 1.72 bits per heavy atom. The Morgan fingerprint density at radius 1 is 1.08 bits per heavy atom. The number of hydrogen-bond acceptors (Lipinski definition) is 3. The molecule has 1 fully saturated rings. The SMILES string of the molecule is CC(=O)N(Cc1ccc(C)cc1)C1CC(=O)N(c2ccccc2)C1=O. The standard InChI is InChI=1S/C20H20N2O3/c1-14-8-10-16(11-9-14)13-21(15(2)23)18-12-19(24)22(20(18)25)17-6-4-3-5-7-17/h3-11,18H,12-13H2,1-2H3. The quantitative estimate of drug-likeness (QED) is 0.807. The van der Waals surface area contributed by atoms with Gasteiger partial charge in [-0.1, -0.05) is 48.0 Å². The second kappa shape index (κ2) is 6.89. The summed E-state index contributed by atoms with van der Waals surface area (Å²) in [6.45, 7) is 3.72. The molecule has 1 unspecified atom stereocenters. The number of amides is 3. The second-order valence-corrected chi connectivity index (χ2v) is 6.26. The van der Waals surface area contributed by atoms with Crippen molar-refractivity contribution < 1.29 is 14.4 Å². The first kappa shape index (κ1) is 16.9. The summed E-state index contributed by atoms with van der Waals surface area (Å²) in [6.07, 6.45) is 0.0131. The number of para-hydroxylation sites is 1. The average molecular weight is 336 g/mol.